The smallest absolute Gasteiger partial charge is 0.258 e. The minimum Gasteiger partial charge on any atom is -0.258 e. The van der Waals surface area contributed by atoms with Crippen LogP contribution in [-0.2, 0) is 10.0 Å². The zero-order valence-electron chi connectivity index (χ0n) is 9.01. The Hall–Kier alpha value is -1.54. The van der Waals surface area contributed by atoms with Crippen LogP contribution in [0.1, 0.15) is 13.3 Å². The lowest BCUT2D eigenvalue weighted by Gasteiger charge is -2.05. The Morgan fingerprint density at radius 3 is 2.59 bits per heavy atom. The van der Waals surface area contributed by atoms with Crippen molar-refractivity contribution in [2.24, 2.45) is 0 Å². The maximum Gasteiger partial charge on any atom is 0.304 e. The molecule has 0 bridgehead atoms. The van der Waals surface area contributed by atoms with Crippen molar-refractivity contribution in [3.8, 4) is 0 Å². The fourth-order valence-electron chi connectivity index (χ4n) is 1.12. The molecular weight excluding hydrogens is 251 g/mol. The molecule has 0 radical (unpaired) electrons. The summed E-state index contributed by atoms with van der Waals surface area (Å²) in [4.78, 5) is 9.12. The van der Waals surface area contributed by atoms with Gasteiger partial charge in [0.1, 0.15) is 0 Å². The molecule has 17 heavy (non-hydrogen) atoms. The Morgan fingerprint density at radius 1 is 1.47 bits per heavy atom. The summed E-state index contributed by atoms with van der Waals surface area (Å²) in [7, 11) is -3.80. The van der Waals surface area contributed by atoms with Gasteiger partial charge in [-0.05, 0) is 12.5 Å². The lowest BCUT2D eigenvalue weighted by molar-refractivity contribution is -0.387. The highest BCUT2D eigenvalue weighted by Gasteiger charge is 2.19. The van der Waals surface area contributed by atoms with E-state index in [2.05, 4.69) is 4.72 Å². The third-order valence-electron chi connectivity index (χ3n) is 1.97. The minimum atomic E-state index is -3.80. The molecule has 0 saturated carbocycles. The molecule has 1 N–H and O–H groups in total. The fraction of sp³-hybridized carbons (Fsp3) is 0.333. The zero-order valence-corrected chi connectivity index (χ0v) is 9.83. The van der Waals surface area contributed by atoms with Crippen LogP contribution in [0, 0.1) is 15.9 Å². The first-order valence-electron chi connectivity index (χ1n) is 4.82. The van der Waals surface area contributed by atoms with E-state index >= 15 is 0 Å². The van der Waals surface area contributed by atoms with Crippen molar-refractivity contribution in [2.75, 3.05) is 6.54 Å². The topological polar surface area (TPSA) is 89.3 Å². The number of rotatable bonds is 5. The second kappa shape index (κ2) is 5.19. The van der Waals surface area contributed by atoms with Crippen molar-refractivity contribution in [3.63, 3.8) is 0 Å². The van der Waals surface area contributed by atoms with Crippen LogP contribution < -0.4 is 4.72 Å². The molecule has 94 valence electrons. The van der Waals surface area contributed by atoms with E-state index in [-0.39, 0.29) is 11.4 Å². The summed E-state index contributed by atoms with van der Waals surface area (Å²) >= 11 is 0. The average Bonchev–Trinajstić information content (AvgIpc) is 2.25. The number of sulfonamides is 1. The van der Waals surface area contributed by atoms with Crippen LogP contribution in [0.5, 0.6) is 0 Å². The Bertz CT molecular complexity index is 530. The van der Waals surface area contributed by atoms with Crippen LogP contribution in [0.4, 0.5) is 10.1 Å². The molecule has 1 rings (SSSR count). The molecule has 0 amide bonds. The van der Waals surface area contributed by atoms with E-state index in [9.17, 15) is 22.9 Å². The van der Waals surface area contributed by atoms with Crippen LogP contribution in [0.25, 0.3) is 0 Å². The largest absolute Gasteiger partial charge is 0.304 e. The lowest BCUT2D eigenvalue weighted by Crippen LogP contribution is -2.24. The van der Waals surface area contributed by atoms with Crippen molar-refractivity contribution in [1.29, 1.82) is 0 Å². The van der Waals surface area contributed by atoms with Gasteiger partial charge in [-0.1, -0.05) is 6.92 Å². The highest BCUT2D eigenvalue weighted by Crippen LogP contribution is 2.20. The normalized spacial score (nSPS) is 11.4. The Morgan fingerprint density at radius 2 is 2.12 bits per heavy atom. The summed E-state index contributed by atoms with van der Waals surface area (Å²) in [5.41, 5.74) is -0.751. The van der Waals surface area contributed by atoms with Gasteiger partial charge in [0.05, 0.1) is 9.82 Å². The van der Waals surface area contributed by atoms with E-state index < -0.39 is 26.5 Å². The highest BCUT2D eigenvalue weighted by atomic mass is 32.2. The van der Waals surface area contributed by atoms with Gasteiger partial charge in [0.2, 0.25) is 15.8 Å². The van der Waals surface area contributed by atoms with Crippen molar-refractivity contribution < 1.29 is 17.7 Å². The number of nitrogens with zero attached hydrogens (tertiary/aromatic N) is 1. The van der Waals surface area contributed by atoms with E-state index in [1.165, 1.54) is 0 Å². The van der Waals surface area contributed by atoms with Gasteiger partial charge in [-0.15, -0.1) is 0 Å². The molecule has 0 saturated heterocycles. The number of halogens is 1. The van der Waals surface area contributed by atoms with Crippen LogP contribution in [0.15, 0.2) is 23.1 Å². The number of nitro groups is 1. The van der Waals surface area contributed by atoms with Crippen LogP contribution in [0.3, 0.4) is 0 Å². The van der Waals surface area contributed by atoms with Gasteiger partial charge < -0.3 is 0 Å². The molecule has 0 unspecified atom stereocenters. The molecule has 8 heteroatoms. The number of nitrogens with one attached hydrogen (secondary N) is 1. The SMILES string of the molecule is CCCNS(=O)(=O)c1ccc([N+](=O)[O-])c(F)c1. The van der Waals surface area contributed by atoms with Gasteiger partial charge in [-0.25, -0.2) is 13.1 Å². The molecule has 0 heterocycles. The fourth-order valence-corrected chi connectivity index (χ4v) is 2.27. The standard InChI is InChI=1S/C9H11FN2O4S/c1-2-5-11-17(15,16)7-3-4-9(12(13)14)8(10)6-7/h3-4,6,11H,2,5H2,1H3. The molecule has 0 spiro atoms. The quantitative estimate of drug-likeness (QED) is 0.642. The van der Waals surface area contributed by atoms with E-state index in [4.69, 9.17) is 0 Å². The number of nitro benzene ring substituents is 1. The Labute approximate surface area is 97.7 Å². The average molecular weight is 262 g/mol. The molecular formula is C9H11FN2O4S. The lowest BCUT2D eigenvalue weighted by atomic mass is 10.3. The predicted molar refractivity (Wildman–Crippen MR) is 58.5 cm³/mol. The van der Waals surface area contributed by atoms with Gasteiger partial charge in [0, 0.05) is 18.7 Å². The molecule has 0 aromatic heterocycles. The zero-order chi connectivity index (χ0) is 13.1. The molecule has 0 aliphatic carbocycles. The molecule has 6 nitrogen and oxygen atoms in total. The highest BCUT2D eigenvalue weighted by molar-refractivity contribution is 7.89. The van der Waals surface area contributed by atoms with Gasteiger partial charge in [-0.2, -0.15) is 4.39 Å². The van der Waals surface area contributed by atoms with Crippen LogP contribution >= 0.6 is 0 Å². The van der Waals surface area contributed by atoms with E-state index in [0.717, 1.165) is 12.1 Å². The second-order valence-corrected chi connectivity index (χ2v) is 5.04. The molecule has 0 aliphatic heterocycles. The summed E-state index contributed by atoms with van der Waals surface area (Å²) < 4.78 is 38.6. The molecule has 1 aromatic rings. The molecule has 0 aliphatic rings. The number of hydrogen-bond acceptors (Lipinski definition) is 4. The molecule has 0 atom stereocenters. The van der Waals surface area contributed by atoms with E-state index in [0.29, 0.717) is 12.5 Å². The predicted octanol–water partition coefficient (Wildman–Crippen LogP) is 1.42. The molecule has 1 aromatic carbocycles. The summed E-state index contributed by atoms with van der Waals surface area (Å²) in [5, 5.41) is 10.4. The number of benzene rings is 1. The second-order valence-electron chi connectivity index (χ2n) is 3.27. The Balaban J connectivity index is 3.09. The van der Waals surface area contributed by atoms with Crippen molar-refractivity contribution in [3.05, 3.63) is 34.1 Å². The monoisotopic (exact) mass is 262 g/mol. The Kier molecular flexibility index (Phi) is 4.13. The maximum absolute atomic E-state index is 13.2. The summed E-state index contributed by atoms with van der Waals surface area (Å²) in [6.45, 7) is 2.00. The van der Waals surface area contributed by atoms with Gasteiger partial charge in [-0.3, -0.25) is 10.1 Å². The van der Waals surface area contributed by atoms with Gasteiger partial charge in [0.25, 0.3) is 0 Å². The first-order chi connectivity index (χ1) is 7.88. The van der Waals surface area contributed by atoms with E-state index in [1.54, 1.807) is 6.92 Å². The maximum atomic E-state index is 13.2. The van der Waals surface area contributed by atoms with Crippen molar-refractivity contribution in [1.82, 2.24) is 4.72 Å². The first-order valence-corrected chi connectivity index (χ1v) is 6.30. The summed E-state index contributed by atoms with van der Waals surface area (Å²) in [5.74, 6) is -1.17. The minimum absolute atomic E-state index is 0.223. The third kappa shape index (κ3) is 3.21. The van der Waals surface area contributed by atoms with Gasteiger partial charge in [0.15, 0.2) is 0 Å². The van der Waals surface area contributed by atoms with Crippen molar-refractivity contribution >= 4 is 15.7 Å². The summed E-state index contributed by atoms with van der Waals surface area (Å²) in [6.07, 6.45) is 0.592. The van der Waals surface area contributed by atoms with Gasteiger partial charge >= 0.3 is 5.69 Å². The van der Waals surface area contributed by atoms with E-state index in [1.807, 2.05) is 0 Å². The molecule has 0 fully saturated rings. The number of hydrogen-bond donors (Lipinski definition) is 1. The first kappa shape index (κ1) is 13.5. The third-order valence-corrected chi connectivity index (χ3v) is 3.43. The van der Waals surface area contributed by atoms with Crippen molar-refractivity contribution in [2.45, 2.75) is 18.2 Å². The van der Waals surface area contributed by atoms with Crippen LogP contribution in [-0.4, -0.2) is 19.9 Å². The summed E-state index contributed by atoms with van der Waals surface area (Å²) in [6, 6.07) is 2.46. The van der Waals surface area contributed by atoms with Crippen LogP contribution in [0.2, 0.25) is 0 Å².